The van der Waals surface area contributed by atoms with Gasteiger partial charge in [0.1, 0.15) is 4.32 Å². The van der Waals surface area contributed by atoms with Crippen molar-refractivity contribution in [2.45, 2.75) is 12.8 Å². The van der Waals surface area contributed by atoms with Crippen LogP contribution in [0.4, 0.5) is 5.69 Å². The SMILES string of the molecule is N#CCCN(C(=O)CCN1C(=O)C(=Cc2ccccc2Cl)SC1=S)c1ccccc1. The number of nitrogens with zero attached hydrogens (tertiary/aromatic N) is 3. The maximum absolute atomic E-state index is 12.8. The number of anilines is 1. The number of carbonyl (C=O) groups is 2. The van der Waals surface area contributed by atoms with Crippen LogP contribution in [-0.2, 0) is 9.59 Å². The smallest absolute Gasteiger partial charge is 0.266 e. The average molecular weight is 456 g/mol. The first-order valence-electron chi connectivity index (χ1n) is 9.23. The van der Waals surface area contributed by atoms with Gasteiger partial charge >= 0.3 is 0 Å². The van der Waals surface area contributed by atoms with E-state index in [1.165, 1.54) is 16.7 Å². The van der Waals surface area contributed by atoms with E-state index in [9.17, 15) is 9.59 Å². The molecule has 0 saturated carbocycles. The fourth-order valence-electron chi connectivity index (χ4n) is 2.94. The van der Waals surface area contributed by atoms with Crippen LogP contribution in [0.3, 0.4) is 0 Å². The van der Waals surface area contributed by atoms with E-state index in [-0.39, 0.29) is 31.2 Å². The lowest BCUT2D eigenvalue weighted by Crippen LogP contribution is -2.36. The van der Waals surface area contributed by atoms with Gasteiger partial charge in [0, 0.05) is 30.2 Å². The normalized spacial score (nSPS) is 14.8. The molecule has 3 rings (SSSR count). The molecule has 2 aromatic rings. The van der Waals surface area contributed by atoms with E-state index in [0.29, 0.717) is 20.8 Å². The second kappa shape index (κ2) is 10.4. The molecule has 0 aliphatic carbocycles. The van der Waals surface area contributed by atoms with Crippen LogP contribution in [0.1, 0.15) is 18.4 Å². The Morgan fingerprint density at radius 2 is 1.90 bits per heavy atom. The third-order valence-corrected chi connectivity index (χ3v) is 6.15. The van der Waals surface area contributed by atoms with E-state index in [1.54, 1.807) is 17.0 Å². The van der Waals surface area contributed by atoms with Gasteiger partial charge in [0.25, 0.3) is 5.91 Å². The van der Waals surface area contributed by atoms with E-state index >= 15 is 0 Å². The summed E-state index contributed by atoms with van der Waals surface area (Å²) in [5.41, 5.74) is 1.46. The summed E-state index contributed by atoms with van der Waals surface area (Å²) in [5.74, 6) is -0.401. The Kier molecular flexibility index (Phi) is 7.63. The standard InChI is InChI=1S/C22H18ClN3O2S2/c23-18-10-5-4-7-16(18)15-19-21(28)26(22(29)30-19)14-11-20(27)25(13-6-12-24)17-8-2-1-3-9-17/h1-5,7-10,15H,6,11,13-14H2. The zero-order valence-corrected chi connectivity index (χ0v) is 18.3. The van der Waals surface area contributed by atoms with Gasteiger partial charge in [-0.2, -0.15) is 5.26 Å². The number of para-hydroxylation sites is 1. The van der Waals surface area contributed by atoms with Crippen molar-refractivity contribution in [3.8, 4) is 6.07 Å². The van der Waals surface area contributed by atoms with Gasteiger partial charge in [-0.25, -0.2) is 0 Å². The molecule has 1 aliphatic heterocycles. The molecule has 0 bridgehead atoms. The van der Waals surface area contributed by atoms with Crippen LogP contribution in [-0.4, -0.2) is 34.1 Å². The van der Waals surface area contributed by atoms with Crippen molar-refractivity contribution < 1.29 is 9.59 Å². The molecule has 2 aromatic carbocycles. The minimum atomic E-state index is -0.235. The first kappa shape index (κ1) is 22.0. The van der Waals surface area contributed by atoms with Crippen molar-refractivity contribution in [1.29, 1.82) is 5.26 Å². The van der Waals surface area contributed by atoms with E-state index < -0.39 is 0 Å². The number of carbonyl (C=O) groups excluding carboxylic acids is 2. The predicted molar refractivity (Wildman–Crippen MR) is 125 cm³/mol. The van der Waals surface area contributed by atoms with Gasteiger partial charge < -0.3 is 4.90 Å². The van der Waals surface area contributed by atoms with E-state index in [1.807, 2.05) is 48.5 Å². The first-order chi connectivity index (χ1) is 14.5. The molecule has 0 unspecified atom stereocenters. The maximum atomic E-state index is 12.8. The fraction of sp³-hybridized carbons (Fsp3) is 0.182. The molecule has 1 heterocycles. The molecule has 2 amide bonds. The molecule has 0 spiro atoms. The summed E-state index contributed by atoms with van der Waals surface area (Å²) in [5, 5.41) is 9.46. The number of rotatable bonds is 7. The third-order valence-electron chi connectivity index (χ3n) is 4.43. The van der Waals surface area contributed by atoms with E-state index in [2.05, 4.69) is 6.07 Å². The van der Waals surface area contributed by atoms with Gasteiger partial charge in [0.15, 0.2) is 0 Å². The molecule has 0 radical (unpaired) electrons. The van der Waals surface area contributed by atoms with Crippen molar-refractivity contribution >= 4 is 63.5 Å². The van der Waals surface area contributed by atoms with Crippen LogP contribution < -0.4 is 4.90 Å². The minimum Gasteiger partial charge on any atom is -0.311 e. The zero-order valence-electron chi connectivity index (χ0n) is 16.0. The van der Waals surface area contributed by atoms with E-state index in [0.717, 1.165) is 11.3 Å². The maximum Gasteiger partial charge on any atom is 0.266 e. The third kappa shape index (κ3) is 5.28. The number of thioether (sulfide) groups is 1. The highest BCUT2D eigenvalue weighted by molar-refractivity contribution is 8.26. The highest BCUT2D eigenvalue weighted by Gasteiger charge is 2.32. The van der Waals surface area contributed by atoms with Gasteiger partial charge in [0.2, 0.25) is 5.91 Å². The highest BCUT2D eigenvalue weighted by Crippen LogP contribution is 2.33. The summed E-state index contributed by atoms with van der Waals surface area (Å²) in [6.45, 7) is 0.476. The molecule has 0 atom stereocenters. The second-order valence-corrected chi connectivity index (χ2v) is 8.48. The van der Waals surface area contributed by atoms with Crippen molar-refractivity contribution in [2.24, 2.45) is 0 Å². The Balaban J connectivity index is 1.69. The Morgan fingerprint density at radius 3 is 2.60 bits per heavy atom. The highest BCUT2D eigenvalue weighted by atomic mass is 35.5. The molecule has 0 N–H and O–H groups in total. The topological polar surface area (TPSA) is 64.4 Å². The molecular formula is C22H18ClN3O2S2. The summed E-state index contributed by atoms with van der Waals surface area (Å²) in [6.07, 6.45) is 2.04. The number of hydrogen-bond acceptors (Lipinski definition) is 5. The molecule has 8 heteroatoms. The lowest BCUT2D eigenvalue weighted by Gasteiger charge is -2.23. The van der Waals surface area contributed by atoms with Crippen molar-refractivity contribution in [3.05, 3.63) is 70.1 Å². The molecule has 152 valence electrons. The number of benzene rings is 2. The number of halogens is 1. The summed E-state index contributed by atoms with van der Waals surface area (Å²) < 4.78 is 0.411. The molecule has 1 aliphatic rings. The average Bonchev–Trinajstić information content (AvgIpc) is 3.01. The Labute approximate surface area is 189 Å². The van der Waals surface area contributed by atoms with Crippen LogP contribution >= 0.6 is 35.6 Å². The lowest BCUT2D eigenvalue weighted by atomic mass is 10.2. The van der Waals surface area contributed by atoms with E-state index in [4.69, 9.17) is 29.1 Å². The molecule has 1 fully saturated rings. The fourth-order valence-corrected chi connectivity index (χ4v) is 4.43. The van der Waals surface area contributed by atoms with Crippen LogP contribution in [0.25, 0.3) is 6.08 Å². The minimum absolute atomic E-state index is 0.103. The van der Waals surface area contributed by atoms with Crippen LogP contribution in [0.5, 0.6) is 0 Å². The number of thiocarbonyl (C=S) groups is 1. The number of nitriles is 1. The van der Waals surface area contributed by atoms with Crippen LogP contribution in [0.2, 0.25) is 5.02 Å². The van der Waals surface area contributed by atoms with Crippen LogP contribution in [0, 0.1) is 11.3 Å². The van der Waals surface area contributed by atoms with Gasteiger partial charge in [-0.15, -0.1) is 0 Å². The summed E-state index contributed by atoms with van der Waals surface area (Å²) in [7, 11) is 0. The Morgan fingerprint density at radius 1 is 1.20 bits per heavy atom. The Hall–Kier alpha value is -2.66. The van der Waals surface area contributed by atoms with Crippen molar-refractivity contribution in [2.75, 3.05) is 18.0 Å². The monoisotopic (exact) mass is 455 g/mol. The molecule has 0 aromatic heterocycles. The largest absolute Gasteiger partial charge is 0.311 e. The van der Waals surface area contributed by atoms with Gasteiger partial charge in [-0.1, -0.05) is 72.0 Å². The number of amides is 2. The van der Waals surface area contributed by atoms with Crippen molar-refractivity contribution in [1.82, 2.24) is 4.90 Å². The van der Waals surface area contributed by atoms with Gasteiger partial charge in [-0.3, -0.25) is 14.5 Å². The lowest BCUT2D eigenvalue weighted by molar-refractivity contribution is -0.123. The zero-order chi connectivity index (χ0) is 21.5. The van der Waals surface area contributed by atoms with Crippen molar-refractivity contribution in [3.63, 3.8) is 0 Å². The molecule has 1 saturated heterocycles. The molecular weight excluding hydrogens is 438 g/mol. The summed E-state index contributed by atoms with van der Waals surface area (Å²) in [4.78, 5) is 29.1. The first-order valence-corrected chi connectivity index (χ1v) is 10.8. The summed E-state index contributed by atoms with van der Waals surface area (Å²) >= 11 is 12.7. The summed E-state index contributed by atoms with van der Waals surface area (Å²) in [6, 6.07) is 18.5. The van der Waals surface area contributed by atoms with Gasteiger partial charge in [0.05, 0.1) is 17.4 Å². The number of hydrogen-bond donors (Lipinski definition) is 0. The van der Waals surface area contributed by atoms with Gasteiger partial charge in [-0.05, 0) is 29.8 Å². The quantitative estimate of drug-likeness (QED) is 0.440. The second-order valence-electron chi connectivity index (χ2n) is 6.39. The Bertz CT molecular complexity index is 1030. The molecule has 30 heavy (non-hydrogen) atoms. The molecule has 5 nitrogen and oxygen atoms in total. The van der Waals surface area contributed by atoms with Crippen LogP contribution in [0.15, 0.2) is 59.5 Å². The predicted octanol–water partition coefficient (Wildman–Crippen LogP) is 4.88.